The van der Waals surface area contributed by atoms with Crippen LogP contribution in [-0.2, 0) is 11.3 Å². The Morgan fingerprint density at radius 1 is 1.11 bits per heavy atom. The van der Waals surface area contributed by atoms with Crippen molar-refractivity contribution in [3.8, 4) is 17.6 Å². The number of fused-ring (bicyclic) bond motifs is 1. The maximum Gasteiger partial charge on any atom is 0.322 e. The molecular weight excluding hydrogens is 470 g/mol. The molecule has 2 saturated heterocycles. The van der Waals surface area contributed by atoms with Crippen molar-refractivity contribution < 1.29 is 19.1 Å². The van der Waals surface area contributed by atoms with Crippen LogP contribution in [-0.4, -0.2) is 80.1 Å². The summed E-state index contributed by atoms with van der Waals surface area (Å²) >= 11 is 0. The van der Waals surface area contributed by atoms with E-state index >= 15 is 0 Å². The monoisotopic (exact) mass is 507 g/mol. The molecule has 0 saturated carbocycles. The van der Waals surface area contributed by atoms with Crippen molar-refractivity contribution in [2.45, 2.75) is 45.3 Å². The lowest BCUT2D eigenvalue weighted by molar-refractivity contribution is -0.119. The SMILES string of the molecule is CC.COc1ccc2c(c1)C(=O)N(C)C2.O=C1NC(=O)C(C#CC2=CCCC(N3CCNCC3)C=C2)N1. The Morgan fingerprint density at radius 2 is 1.86 bits per heavy atom. The second-order valence-corrected chi connectivity index (χ2v) is 8.80. The highest BCUT2D eigenvalue weighted by Gasteiger charge is 2.27. The third-order valence-electron chi connectivity index (χ3n) is 6.38. The number of ether oxygens (including phenoxy) is 1. The molecule has 3 aliphatic heterocycles. The summed E-state index contributed by atoms with van der Waals surface area (Å²) in [6.07, 6.45) is 8.38. The van der Waals surface area contributed by atoms with Crippen LogP contribution in [0.15, 0.2) is 42.0 Å². The number of methoxy groups -OCH3 is 1. The molecular formula is C28H37N5O4. The van der Waals surface area contributed by atoms with E-state index in [0.717, 1.165) is 61.5 Å². The lowest BCUT2D eigenvalue weighted by Gasteiger charge is -2.32. The van der Waals surface area contributed by atoms with Gasteiger partial charge in [-0.05, 0) is 36.6 Å². The van der Waals surface area contributed by atoms with Crippen LogP contribution in [0, 0.1) is 11.8 Å². The highest BCUT2D eigenvalue weighted by atomic mass is 16.5. The van der Waals surface area contributed by atoms with Crippen LogP contribution >= 0.6 is 0 Å². The van der Waals surface area contributed by atoms with E-state index in [1.807, 2.05) is 32.1 Å². The number of carbonyl (C=O) groups is 3. The second-order valence-electron chi connectivity index (χ2n) is 8.80. The van der Waals surface area contributed by atoms with Gasteiger partial charge in [0, 0.05) is 56.9 Å². The molecule has 9 nitrogen and oxygen atoms in total. The molecule has 4 aliphatic rings. The topological polar surface area (TPSA) is 103 Å². The van der Waals surface area contributed by atoms with E-state index in [1.54, 1.807) is 25.1 Å². The molecule has 198 valence electrons. The van der Waals surface area contributed by atoms with Gasteiger partial charge in [0.15, 0.2) is 6.04 Å². The third kappa shape index (κ3) is 7.44. The Labute approximate surface area is 219 Å². The molecule has 1 aliphatic carbocycles. The standard InChI is InChI=1S/C16H20N4O2.C10H11NO2.C2H6/c21-15-14(18-16(22)19-15)7-5-12-2-1-3-13(6-4-12)20-10-8-17-9-11-20;1-11-6-7-3-4-8(13-2)5-9(7)10(11)12;1-2/h2,4,6,13-14,17H,1,3,8-11H2,(H2,18,19,21,22);3-5H,6H2,1-2H3;1-2H3. The van der Waals surface area contributed by atoms with E-state index in [9.17, 15) is 14.4 Å². The summed E-state index contributed by atoms with van der Waals surface area (Å²) in [6.45, 7) is 8.94. The molecule has 0 radical (unpaired) electrons. The summed E-state index contributed by atoms with van der Waals surface area (Å²) in [5, 5.41) is 8.02. The molecule has 0 spiro atoms. The summed E-state index contributed by atoms with van der Waals surface area (Å²) < 4.78 is 5.05. The summed E-state index contributed by atoms with van der Waals surface area (Å²) in [5.74, 6) is 6.25. The van der Waals surface area contributed by atoms with Gasteiger partial charge in [0.05, 0.1) is 7.11 Å². The number of urea groups is 1. The quantitative estimate of drug-likeness (QED) is 0.418. The molecule has 0 aromatic heterocycles. The number of carbonyl (C=O) groups excluding carboxylic acids is 3. The van der Waals surface area contributed by atoms with E-state index < -0.39 is 12.1 Å². The van der Waals surface area contributed by atoms with Crippen molar-refractivity contribution in [2.24, 2.45) is 0 Å². The molecule has 2 fully saturated rings. The summed E-state index contributed by atoms with van der Waals surface area (Å²) in [6, 6.07) is 4.84. The molecule has 5 rings (SSSR count). The number of benzene rings is 1. The van der Waals surface area contributed by atoms with Gasteiger partial charge < -0.3 is 20.3 Å². The van der Waals surface area contributed by atoms with Crippen LogP contribution in [0.25, 0.3) is 0 Å². The van der Waals surface area contributed by atoms with Gasteiger partial charge >= 0.3 is 6.03 Å². The maximum atomic E-state index is 11.5. The Bertz CT molecular complexity index is 1110. The minimum atomic E-state index is -0.742. The number of allylic oxidation sites excluding steroid dienone is 3. The number of amides is 4. The van der Waals surface area contributed by atoms with E-state index in [-0.39, 0.29) is 11.8 Å². The fraction of sp³-hybridized carbons (Fsp3) is 0.464. The highest BCUT2D eigenvalue weighted by molar-refractivity contribution is 6.05. The van der Waals surface area contributed by atoms with Gasteiger partial charge in [-0.2, -0.15) is 0 Å². The van der Waals surface area contributed by atoms with Gasteiger partial charge in [0.25, 0.3) is 11.8 Å². The normalized spacial score (nSPS) is 22.5. The molecule has 1 aromatic carbocycles. The largest absolute Gasteiger partial charge is 0.497 e. The number of hydrogen-bond acceptors (Lipinski definition) is 6. The highest BCUT2D eigenvalue weighted by Crippen LogP contribution is 2.25. The van der Waals surface area contributed by atoms with E-state index in [1.165, 1.54) is 0 Å². The molecule has 3 heterocycles. The lowest BCUT2D eigenvalue weighted by atomic mass is 10.1. The van der Waals surface area contributed by atoms with Gasteiger partial charge in [-0.3, -0.25) is 19.8 Å². The Hall–Kier alpha value is -3.61. The first kappa shape index (κ1) is 28.0. The second kappa shape index (κ2) is 13.6. The fourth-order valence-corrected chi connectivity index (χ4v) is 4.43. The minimum absolute atomic E-state index is 0.0777. The van der Waals surface area contributed by atoms with Crippen molar-refractivity contribution in [3.63, 3.8) is 0 Å². The first-order chi connectivity index (χ1) is 17.9. The van der Waals surface area contributed by atoms with Gasteiger partial charge in [0.1, 0.15) is 5.75 Å². The average Bonchev–Trinajstić information content (AvgIpc) is 3.28. The number of nitrogens with one attached hydrogen (secondary N) is 3. The molecule has 3 N–H and O–H groups in total. The Kier molecular flexibility index (Phi) is 10.3. The molecule has 1 aromatic rings. The van der Waals surface area contributed by atoms with E-state index in [4.69, 9.17) is 4.74 Å². The summed E-state index contributed by atoms with van der Waals surface area (Å²) in [7, 11) is 3.40. The first-order valence-corrected chi connectivity index (χ1v) is 12.8. The van der Waals surface area contributed by atoms with Gasteiger partial charge in [-0.1, -0.05) is 43.9 Å². The predicted octanol–water partition coefficient (Wildman–Crippen LogP) is 2.06. The summed E-state index contributed by atoms with van der Waals surface area (Å²) in [4.78, 5) is 38.2. The molecule has 2 atom stereocenters. The Balaban J connectivity index is 0.000000216. The summed E-state index contributed by atoms with van der Waals surface area (Å²) in [5.41, 5.74) is 2.75. The van der Waals surface area contributed by atoms with Crippen LogP contribution in [0.2, 0.25) is 0 Å². The smallest absolute Gasteiger partial charge is 0.322 e. The van der Waals surface area contributed by atoms with Crippen LogP contribution in [0.4, 0.5) is 4.79 Å². The van der Waals surface area contributed by atoms with E-state index in [0.29, 0.717) is 12.6 Å². The number of piperazine rings is 1. The van der Waals surface area contributed by atoms with Crippen LogP contribution in [0.5, 0.6) is 5.75 Å². The number of nitrogens with zero attached hydrogens (tertiary/aromatic N) is 2. The maximum absolute atomic E-state index is 11.5. The zero-order chi connectivity index (χ0) is 26.8. The molecule has 9 heteroatoms. The average molecular weight is 508 g/mol. The van der Waals surface area contributed by atoms with Crippen LogP contribution in [0.1, 0.15) is 42.6 Å². The van der Waals surface area contributed by atoms with Crippen LogP contribution in [0.3, 0.4) is 0 Å². The van der Waals surface area contributed by atoms with Crippen molar-refractivity contribution in [1.82, 2.24) is 25.8 Å². The molecule has 0 bridgehead atoms. The molecule has 37 heavy (non-hydrogen) atoms. The van der Waals surface area contributed by atoms with Crippen molar-refractivity contribution in [1.29, 1.82) is 0 Å². The first-order valence-electron chi connectivity index (χ1n) is 12.8. The lowest BCUT2D eigenvalue weighted by Crippen LogP contribution is -2.47. The molecule has 2 unspecified atom stereocenters. The minimum Gasteiger partial charge on any atom is -0.497 e. The van der Waals surface area contributed by atoms with Crippen molar-refractivity contribution in [3.05, 3.63) is 53.1 Å². The molecule has 4 amide bonds. The fourth-order valence-electron chi connectivity index (χ4n) is 4.43. The van der Waals surface area contributed by atoms with Gasteiger partial charge in [-0.15, -0.1) is 0 Å². The third-order valence-corrected chi connectivity index (χ3v) is 6.38. The van der Waals surface area contributed by atoms with E-state index in [2.05, 4.69) is 44.8 Å². The predicted molar refractivity (Wildman–Crippen MR) is 143 cm³/mol. The van der Waals surface area contributed by atoms with Gasteiger partial charge in [0.2, 0.25) is 0 Å². The number of rotatable bonds is 2. The zero-order valence-electron chi connectivity index (χ0n) is 22.1. The number of hydrogen-bond donors (Lipinski definition) is 3. The number of imide groups is 1. The van der Waals surface area contributed by atoms with Crippen molar-refractivity contribution in [2.75, 3.05) is 40.3 Å². The van der Waals surface area contributed by atoms with Gasteiger partial charge in [-0.25, -0.2) is 4.79 Å². The van der Waals surface area contributed by atoms with Crippen molar-refractivity contribution >= 4 is 17.8 Å². The van der Waals surface area contributed by atoms with Crippen LogP contribution < -0.4 is 20.7 Å². The Morgan fingerprint density at radius 3 is 2.54 bits per heavy atom. The zero-order valence-corrected chi connectivity index (χ0v) is 22.1.